The van der Waals surface area contributed by atoms with Crippen LogP contribution >= 0.6 is 0 Å². The van der Waals surface area contributed by atoms with Crippen LogP contribution in [0, 0.1) is 13.8 Å². The molecular formula is C23H28N2O3. The SMILES string of the molecule is Cc1ccc(OCC(=O)Nc2ccc(C(=O)N3CCCCCC3)cc2)cc1C. The number of nitrogens with zero attached hydrogens (tertiary/aromatic N) is 1. The molecule has 0 spiro atoms. The number of rotatable bonds is 5. The third-order valence-corrected chi connectivity index (χ3v) is 5.16. The van der Waals surface area contributed by atoms with Crippen LogP contribution in [0.15, 0.2) is 42.5 Å². The van der Waals surface area contributed by atoms with Gasteiger partial charge in [0.1, 0.15) is 5.75 Å². The third-order valence-electron chi connectivity index (χ3n) is 5.16. The van der Waals surface area contributed by atoms with Crippen LogP contribution in [0.3, 0.4) is 0 Å². The Kier molecular flexibility index (Phi) is 6.69. The molecule has 3 rings (SSSR count). The minimum Gasteiger partial charge on any atom is -0.484 e. The van der Waals surface area contributed by atoms with E-state index < -0.39 is 0 Å². The number of likely N-dealkylation sites (tertiary alicyclic amines) is 1. The Morgan fingerprint density at radius 1 is 0.929 bits per heavy atom. The highest BCUT2D eigenvalue weighted by molar-refractivity contribution is 5.96. The minimum absolute atomic E-state index is 0.0586. The van der Waals surface area contributed by atoms with Gasteiger partial charge in [-0.1, -0.05) is 18.9 Å². The second-order valence-electron chi connectivity index (χ2n) is 7.37. The summed E-state index contributed by atoms with van der Waals surface area (Å²) >= 11 is 0. The van der Waals surface area contributed by atoms with Crippen molar-refractivity contribution in [3.05, 3.63) is 59.2 Å². The van der Waals surface area contributed by atoms with Crippen molar-refractivity contribution in [2.45, 2.75) is 39.5 Å². The van der Waals surface area contributed by atoms with Crippen molar-refractivity contribution in [1.29, 1.82) is 0 Å². The summed E-state index contributed by atoms with van der Waals surface area (Å²) in [7, 11) is 0. The zero-order valence-corrected chi connectivity index (χ0v) is 16.7. The van der Waals surface area contributed by atoms with Crippen LogP contribution < -0.4 is 10.1 Å². The summed E-state index contributed by atoms with van der Waals surface area (Å²) in [5.41, 5.74) is 3.63. The van der Waals surface area contributed by atoms with Gasteiger partial charge < -0.3 is 15.0 Å². The van der Waals surface area contributed by atoms with Crippen molar-refractivity contribution >= 4 is 17.5 Å². The summed E-state index contributed by atoms with van der Waals surface area (Å²) in [6.07, 6.45) is 4.53. The zero-order chi connectivity index (χ0) is 19.9. The van der Waals surface area contributed by atoms with Crippen molar-refractivity contribution in [1.82, 2.24) is 4.90 Å². The normalized spacial score (nSPS) is 14.3. The summed E-state index contributed by atoms with van der Waals surface area (Å²) in [5, 5.41) is 2.81. The molecule has 0 atom stereocenters. The number of carbonyl (C=O) groups is 2. The van der Waals surface area contributed by atoms with Gasteiger partial charge in [0.2, 0.25) is 0 Å². The van der Waals surface area contributed by atoms with E-state index in [0.717, 1.165) is 31.5 Å². The fourth-order valence-corrected chi connectivity index (χ4v) is 3.30. The van der Waals surface area contributed by atoms with E-state index >= 15 is 0 Å². The summed E-state index contributed by atoms with van der Waals surface area (Å²) in [4.78, 5) is 26.7. The lowest BCUT2D eigenvalue weighted by molar-refractivity contribution is -0.118. The highest BCUT2D eigenvalue weighted by Gasteiger charge is 2.17. The minimum atomic E-state index is -0.232. The Bertz CT molecular complexity index is 822. The van der Waals surface area contributed by atoms with Crippen LogP contribution in [-0.2, 0) is 4.79 Å². The van der Waals surface area contributed by atoms with E-state index in [2.05, 4.69) is 5.32 Å². The standard InChI is InChI=1S/C23H28N2O3/c1-17-7-12-21(15-18(17)2)28-16-22(26)24-20-10-8-19(9-11-20)23(27)25-13-5-3-4-6-14-25/h7-12,15H,3-6,13-14,16H2,1-2H3,(H,24,26). The molecule has 1 N–H and O–H groups in total. The van der Waals surface area contributed by atoms with Crippen LogP contribution in [0.5, 0.6) is 5.75 Å². The van der Waals surface area contributed by atoms with Gasteiger partial charge in [0.15, 0.2) is 6.61 Å². The fourth-order valence-electron chi connectivity index (χ4n) is 3.30. The highest BCUT2D eigenvalue weighted by Crippen LogP contribution is 2.17. The second-order valence-corrected chi connectivity index (χ2v) is 7.37. The predicted octanol–water partition coefficient (Wildman–Crippen LogP) is 4.34. The van der Waals surface area contributed by atoms with E-state index in [4.69, 9.17) is 4.74 Å². The Labute approximate surface area is 166 Å². The first-order valence-electron chi connectivity index (χ1n) is 9.92. The lowest BCUT2D eigenvalue weighted by Gasteiger charge is -2.20. The monoisotopic (exact) mass is 380 g/mol. The number of anilines is 1. The van der Waals surface area contributed by atoms with Gasteiger partial charge in [-0.15, -0.1) is 0 Å². The number of carbonyl (C=O) groups excluding carboxylic acids is 2. The maximum atomic E-state index is 12.6. The number of aryl methyl sites for hydroxylation is 2. The number of benzene rings is 2. The van der Waals surface area contributed by atoms with Gasteiger partial charge in [-0.25, -0.2) is 0 Å². The van der Waals surface area contributed by atoms with E-state index in [-0.39, 0.29) is 18.4 Å². The zero-order valence-electron chi connectivity index (χ0n) is 16.7. The van der Waals surface area contributed by atoms with Crippen LogP contribution in [-0.4, -0.2) is 36.4 Å². The quantitative estimate of drug-likeness (QED) is 0.840. The van der Waals surface area contributed by atoms with E-state index in [1.165, 1.54) is 18.4 Å². The molecule has 28 heavy (non-hydrogen) atoms. The topological polar surface area (TPSA) is 58.6 Å². The molecule has 5 heteroatoms. The van der Waals surface area contributed by atoms with Crippen molar-refractivity contribution in [3.8, 4) is 5.75 Å². The molecular weight excluding hydrogens is 352 g/mol. The number of amides is 2. The number of nitrogens with one attached hydrogen (secondary N) is 1. The van der Waals surface area contributed by atoms with Crippen molar-refractivity contribution in [2.24, 2.45) is 0 Å². The molecule has 2 aromatic carbocycles. The molecule has 0 unspecified atom stereocenters. The van der Waals surface area contributed by atoms with Gasteiger partial charge in [-0.3, -0.25) is 9.59 Å². The number of hydrogen-bond acceptors (Lipinski definition) is 3. The highest BCUT2D eigenvalue weighted by atomic mass is 16.5. The predicted molar refractivity (Wildman–Crippen MR) is 111 cm³/mol. The van der Waals surface area contributed by atoms with Crippen molar-refractivity contribution in [2.75, 3.05) is 25.0 Å². The first-order chi connectivity index (χ1) is 13.5. The molecule has 0 aromatic heterocycles. The molecule has 0 aliphatic carbocycles. The molecule has 148 valence electrons. The lowest BCUT2D eigenvalue weighted by Crippen LogP contribution is -2.31. The van der Waals surface area contributed by atoms with Gasteiger partial charge in [0.05, 0.1) is 0 Å². The molecule has 1 aliphatic rings. The Balaban J connectivity index is 1.52. The van der Waals surface area contributed by atoms with Crippen LogP contribution in [0.1, 0.15) is 47.2 Å². The maximum Gasteiger partial charge on any atom is 0.262 e. The molecule has 2 amide bonds. The lowest BCUT2D eigenvalue weighted by atomic mass is 10.1. The Hall–Kier alpha value is -2.82. The fraction of sp³-hybridized carbons (Fsp3) is 0.391. The third kappa shape index (κ3) is 5.35. The first-order valence-corrected chi connectivity index (χ1v) is 9.92. The average Bonchev–Trinajstić information content (AvgIpc) is 2.98. The summed E-state index contributed by atoms with van der Waals surface area (Å²) < 4.78 is 5.56. The van der Waals surface area contributed by atoms with E-state index in [0.29, 0.717) is 17.0 Å². The van der Waals surface area contributed by atoms with Gasteiger partial charge in [-0.2, -0.15) is 0 Å². The van der Waals surface area contributed by atoms with Crippen LogP contribution in [0.2, 0.25) is 0 Å². The number of ether oxygens (including phenoxy) is 1. The van der Waals surface area contributed by atoms with Gasteiger partial charge >= 0.3 is 0 Å². The molecule has 1 fully saturated rings. The molecule has 1 aliphatic heterocycles. The van der Waals surface area contributed by atoms with E-state index in [1.807, 2.05) is 36.9 Å². The molecule has 5 nitrogen and oxygen atoms in total. The van der Waals surface area contributed by atoms with E-state index in [1.54, 1.807) is 24.3 Å². The van der Waals surface area contributed by atoms with Gasteiger partial charge in [0, 0.05) is 24.3 Å². The average molecular weight is 380 g/mol. The largest absolute Gasteiger partial charge is 0.484 e. The molecule has 1 heterocycles. The van der Waals surface area contributed by atoms with E-state index in [9.17, 15) is 9.59 Å². The van der Waals surface area contributed by atoms with Crippen LogP contribution in [0.4, 0.5) is 5.69 Å². The summed E-state index contributed by atoms with van der Waals surface area (Å²) in [6.45, 7) is 5.64. The first kappa shape index (κ1) is 19.9. The maximum absolute atomic E-state index is 12.6. The summed E-state index contributed by atoms with van der Waals surface area (Å²) in [5.74, 6) is 0.513. The molecule has 0 saturated carbocycles. The Morgan fingerprint density at radius 2 is 1.61 bits per heavy atom. The second kappa shape index (κ2) is 9.40. The molecule has 0 bridgehead atoms. The van der Waals surface area contributed by atoms with Crippen molar-refractivity contribution < 1.29 is 14.3 Å². The van der Waals surface area contributed by atoms with Gasteiger partial charge in [-0.05, 0) is 74.2 Å². The van der Waals surface area contributed by atoms with Gasteiger partial charge in [0.25, 0.3) is 11.8 Å². The van der Waals surface area contributed by atoms with Crippen molar-refractivity contribution in [3.63, 3.8) is 0 Å². The number of hydrogen-bond donors (Lipinski definition) is 1. The molecule has 2 aromatic rings. The smallest absolute Gasteiger partial charge is 0.262 e. The van der Waals surface area contributed by atoms with Crippen LogP contribution in [0.25, 0.3) is 0 Å². The Morgan fingerprint density at radius 3 is 2.25 bits per heavy atom. The summed E-state index contributed by atoms with van der Waals surface area (Å²) in [6, 6.07) is 12.8. The molecule has 1 saturated heterocycles. The molecule has 0 radical (unpaired) electrons.